The van der Waals surface area contributed by atoms with Gasteiger partial charge in [-0.15, -0.1) is 5.10 Å². The largest absolute Gasteiger partial charge is 0.368 e. The summed E-state index contributed by atoms with van der Waals surface area (Å²) in [6.07, 6.45) is 0. The van der Waals surface area contributed by atoms with Gasteiger partial charge in [0.05, 0.1) is 0 Å². The first kappa shape index (κ1) is 21.4. The van der Waals surface area contributed by atoms with Gasteiger partial charge in [-0.2, -0.15) is 9.61 Å². The number of carbonyl (C=O) groups excluding carboxylic acids is 1. The number of fused-ring (bicyclic) bond motifs is 1. The van der Waals surface area contributed by atoms with Crippen molar-refractivity contribution in [1.29, 1.82) is 0 Å². The van der Waals surface area contributed by atoms with Crippen LogP contribution in [0.1, 0.15) is 20.8 Å². The lowest BCUT2D eigenvalue weighted by atomic mass is 10.2. The van der Waals surface area contributed by atoms with Gasteiger partial charge in [-0.25, -0.2) is 13.9 Å². The van der Waals surface area contributed by atoms with Crippen molar-refractivity contribution in [3.05, 3.63) is 52.7 Å². The molecule has 0 atom stereocenters. The average molecular weight is 445 g/mol. The molecule has 2 aromatic heterocycles. The van der Waals surface area contributed by atoms with Gasteiger partial charge in [0.2, 0.25) is 5.91 Å². The molecule has 8 nitrogen and oxygen atoms in total. The molecule has 0 saturated carbocycles. The van der Waals surface area contributed by atoms with E-state index in [0.29, 0.717) is 31.8 Å². The van der Waals surface area contributed by atoms with Crippen LogP contribution in [0.3, 0.4) is 0 Å². The lowest BCUT2D eigenvalue weighted by molar-refractivity contribution is -0.132. The van der Waals surface area contributed by atoms with Gasteiger partial charge in [0.1, 0.15) is 17.4 Å². The third kappa shape index (κ3) is 4.90. The number of anilines is 1. The minimum absolute atomic E-state index is 0.0354. The van der Waals surface area contributed by atoms with E-state index in [-0.39, 0.29) is 23.0 Å². The zero-order valence-corrected chi connectivity index (χ0v) is 18.6. The summed E-state index contributed by atoms with van der Waals surface area (Å²) in [7, 11) is 0. The highest BCUT2D eigenvalue weighted by molar-refractivity contribution is 8.00. The lowest BCUT2D eigenvalue weighted by Crippen LogP contribution is -2.50. The minimum Gasteiger partial charge on any atom is -0.368 e. The van der Waals surface area contributed by atoms with Crippen LogP contribution in [0.15, 0.2) is 46.2 Å². The van der Waals surface area contributed by atoms with E-state index >= 15 is 0 Å². The van der Waals surface area contributed by atoms with E-state index in [9.17, 15) is 14.0 Å². The Balaban J connectivity index is 1.42. The van der Waals surface area contributed by atoms with E-state index in [1.807, 2.05) is 6.07 Å². The molecule has 1 aliphatic heterocycles. The SMILES string of the molecule is CC(C)(C)Sc1ccc2nn(CC(=O)N3CCN(c4ccc(F)cc4)CC3)c(=O)n2n1. The number of hydrogen-bond acceptors (Lipinski definition) is 6. The minimum atomic E-state index is -0.426. The van der Waals surface area contributed by atoms with E-state index < -0.39 is 5.69 Å². The first-order chi connectivity index (χ1) is 14.7. The molecule has 0 aliphatic carbocycles. The van der Waals surface area contributed by atoms with Crippen LogP contribution in [-0.2, 0) is 11.3 Å². The molecule has 4 rings (SSSR count). The van der Waals surface area contributed by atoms with E-state index in [1.54, 1.807) is 34.9 Å². The van der Waals surface area contributed by atoms with Gasteiger partial charge in [0.15, 0.2) is 5.65 Å². The topological polar surface area (TPSA) is 75.7 Å². The maximum Gasteiger partial charge on any atom is 0.367 e. The second kappa shape index (κ2) is 8.33. The normalized spacial score (nSPS) is 15.0. The summed E-state index contributed by atoms with van der Waals surface area (Å²) in [5.41, 5.74) is 0.918. The molecule has 0 spiro atoms. The Bertz CT molecular complexity index is 1140. The van der Waals surface area contributed by atoms with Crippen LogP contribution in [-0.4, -0.2) is 61.1 Å². The van der Waals surface area contributed by atoms with Gasteiger partial charge in [-0.3, -0.25) is 4.79 Å². The molecule has 0 bridgehead atoms. The molecule has 1 aliphatic rings. The molecule has 31 heavy (non-hydrogen) atoms. The summed E-state index contributed by atoms with van der Waals surface area (Å²) in [4.78, 5) is 29.3. The molecule has 0 radical (unpaired) electrons. The maximum absolute atomic E-state index is 13.1. The molecule has 1 fully saturated rings. The highest BCUT2D eigenvalue weighted by atomic mass is 32.2. The summed E-state index contributed by atoms with van der Waals surface area (Å²) in [5, 5.41) is 9.36. The van der Waals surface area contributed by atoms with E-state index in [4.69, 9.17) is 0 Å². The van der Waals surface area contributed by atoms with E-state index in [0.717, 1.165) is 10.7 Å². The number of thioether (sulfide) groups is 1. The standard InChI is InChI=1S/C21H25FN6O2S/c1-21(2,3)31-18-9-8-17-23-27(20(30)28(17)24-18)14-19(29)26-12-10-25(11-13-26)16-6-4-15(22)5-7-16/h4-9H,10-14H2,1-3H3. The highest BCUT2D eigenvalue weighted by Gasteiger charge is 2.23. The van der Waals surface area contributed by atoms with Crippen LogP contribution < -0.4 is 10.6 Å². The summed E-state index contributed by atoms with van der Waals surface area (Å²) in [6.45, 7) is 8.45. The van der Waals surface area contributed by atoms with Gasteiger partial charge in [0, 0.05) is 36.6 Å². The fraction of sp³-hybridized carbons (Fsp3) is 0.429. The number of benzene rings is 1. The third-order valence-electron chi connectivity index (χ3n) is 4.94. The Labute approximate surface area is 183 Å². The molecule has 0 unspecified atom stereocenters. The van der Waals surface area contributed by atoms with Gasteiger partial charge < -0.3 is 9.80 Å². The number of piperazine rings is 1. The van der Waals surface area contributed by atoms with Crippen molar-refractivity contribution in [2.45, 2.75) is 37.1 Å². The van der Waals surface area contributed by atoms with Crippen LogP contribution in [0.4, 0.5) is 10.1 Å². The number of carbonyl (C=O) groups is 1. The Morgan fingerprint density at radius 1 is 1.03 bits per heavy atom. The molecular formula is C21H25FN6O2S. The molecule has 164 valence electrons. The Kier molecular flexibility index (Phi) is 5.74. The zero-order valence-electron chi connectivity index (χ0n) is 17.8. The fourth-order valence-electron chi connectivity index (χ4n) is 3.46. The van der Waals surface area contributed by atoms with Crippen molar-refractivity contribution < 1.29 is 9.18 Å². The average Bonchev–Trinajstić information content (AvgIpc) is 3.02. The fourth-order valence-corrected chi connectivity index (χ4v) is 4.34. The summed E-state index contributed by atoms with van der Waals surface area (Å²) in [5.74, 6) is -0.428. The number of rotatable bonds is 4. The van der Waals surface area contributed by atoms with Crippen molar-refractivity contribution in [1.82, 2.24) is 24.3 Å². The predicted octanol–water partition coefficient (Wildman–Crippen LogP) is 2.27. The van der Waals surface area contributed by atoms with Crippen LogP contribution in [0.25, 0.3) is 5.65 Å². The lowest BCUT2D eigenvalue weighted by Gasteiger charge is -2.36. The van der Waals surface area contributed by atoms with Gasteiger partial charge in [-0.1, -0.05) is 32.5 Å². The summed E-state index contributed by atoms with van der Waals surface area (Å²) in [6, 6.07) is 9.91. The van der Waals surface area contributed by atoms with Gasteiger partial charge in [0.25, 0.3) is 0 Å². The summed E-state index contributed by atoms with van der Waals surface area (Å²) < 4.78 is 15.5. The molecule has 1 aromatic carbocycles. The van der Waals surface area contributed by atoms with Gasteiger partial charge in [-0.05, 0) is 36.4 Å². The Hall–Kier alpha value is -2.88. The first-order valence-electron chi connectivity index (χ1n) is 10.1. The molecule has 1 amide bonds. The Morgan fingerprint density at radius 2 is 1.71 bits per heavy atom. The van der Waals surface area contributed by atoms with Crippen molar-refractivity contribution >= 4 is 29.0 Å². The molecule has 3 aromatic rings. The van der Waals surface area contributed by atoms with Crippen LogP contribution in [0, 0.1) is 5.82 Å². The molecular weight excluding hydrogens is 419 g/mol. The smallest absolute Gasteiger partial charge is 0.367 e. The zero-order chi connectivity index (χ0) is 22.2. The monoisotopic (exact) mass is 444 g/mol. The molecule has 0 N–H and O–H groups in total. The highest BCUT2D eigenvalue weighted by Crippen LogP contribution is 2.29. The second-order valence-corrected chi connectivity index (χ2v) is 10.3. The van der Waals surface area contributed by atoms with Crippen LogP contribution in [0.5, 0.6) is 0 Å². The summed E-state index contributed by atoms with van der Waals surface area (Å²) >= 11 is 1.56. The quantitative estimate of drug-likeness (QED) is 0.575. The molecule has 3 heterocycles. The first-order valence-corrected chi connectivity index (χ1v) is 11.0. The number of hydrogen-bond donors (Lipinski definition) is 0. The van der Waals surface area contributed by atoms with Crippen LogP contribution in [0.2, 0.25) is 0 Å². The number of halogens is 1. The molecule has 10 heteroatoms. The van der Waals surface area contributed by atoms with Crippen molar-refractivity contribution in [2.24, 2.45) is 0 Å². The van der Waals surface area contributed by atoms with Crippen LogP contribution >= 0.6 is 11.8 Å². The van der Waals surface area contributed by atoms with Gasteiger partial charge >= 0.3 is 5.69 Å². The third-order valence-corrected chi connectivity index (χ3v) is 5.97. The van der Waals surface area contributed by atoms with E-state index in [1.165, 1.54) is 21.3 Å². The second-order valence-electron chi connectivity index (χ2n) is 8.44. The molecule has 1 saturated heterocycles. The Morgan fingerprint density at radius 3 is 2.35 bits per heavy atom. The maximum atomic E-state index is 13.1. The van der Waals surface area contributed by atoms with E-state index in [2.05, 4.69) is 35.9 Å². The number of nitrogens with zero attached hydrogens (tertiary/aromatic N) is 6. The number of aromatic nitrogens is 4. The van der Waals surface area contributed by atoms with Crippen molar-refractivity contribution in [2.75, 3.05) is 31.1 Å². The number of amides is 1. The van der Waals surface area contributed by atoms with Crippen molar-refractivity contribution in [3.8, 4) is 0 Å². The predicted molar refractivity (Wildman–Crippen MR) is 118 cm³/mol. The van der Waals surface area contributed by atoms with Crippen molar-refractivity contribution in [3.63, 3.8) is 0 Å².